The number of ketones is 2. The van der Waals surface area contributed by atoms with Crippen LogP contribution in [0.2, 0.25) is 0 Å². The molecule has 1 aliphatic rings. The third-order valence-electron chi connectivity index (χ3n) is 4.07. The number of hydrogen-bond donors (Lipinski definition) is 4. The summed E-state index contributed by atoms with van der Waals surface area (Å²) in [7, 11) is 0. The molecule has 6 heteroatoms. The van der Waals surface area contributed by atoms with Gasteiger partial charge in [0.1, 0.15) is 17.8 Å². The molecule has 0 amide bonds. The summed E-state index contributed by atoms with van der Waals surface area (Å²) in [6, 6.07) is 9.39. The van der Waals surface area contributed by atoms with Crippen LogP contribution >= 0.6 is 0 Å². The second-order valence-corrected chi connectivity index (χ2v) is 5.50. The molecule has 0 radical (unpaired) electrons. The van der Waals surface area contributed by atoms with Gasteiger partial charge in [-0.05, 0) is 35.4 Å². The summed E-state index contributed by atoms with van der Waals surface area (Å²) in [6.07, 6.45) is -1.49. The number of aliphatic hydroxyl groups is 1. The molecule has 4 N–H and O–H groups in total. The smallest absolute Gasteiger partial charge is 0.177 e. The predicted molar refractivity (Wildman–Crippen MR) is 79.4 cm³/mol. The average molecular weight is 314 g/mol. The maximum absolute atomic E-state index is 12.6. The van der Waals surface area contributed by atoms with Gasteiger partial charge in [0, 0.05) is 0 Å². The van der Waals surface area contributed by atoms with Crippen LogP contribution in [-0.2, 0) is 9.59 Å². The summed E-state index contributed by atoms with van der Waals surface area (Å²) < 4.78 is 0. The van der Waals surface area contributed by atoms with E-state index in [0.29, 0.717) is 5.56 Å². The van der Waals surface area contributed by atoms with Crippen LogP contribution in [-0.4, -0.2) is 38.1 Å². The lowest BCUT2D eigenvalue weighted by Crippen LogP contribution is -2.21. The van der Waals surface area contributed by atoms with Gasteiger partial charge in [0.15, 0.2) is 23.1 Å². The Kier molecular flexibility index (Phi) is 3.54. The first-order valence-electron chi connectivity index (χ1n) is 6.96. The van der Waals surface area contributed by atoms with Crippen molar-refractivity contribution in [2.24, 2.45) is 0 Å². The first-order valence-corrected chi connectivity index (χ1v) is 6.96. The molecule has 2 aromatic rings. The van der Waals surface area contributed by atoms with Crippen molar-refractivity contribution in [3.8, 4) is 17.2 Å². The third kappa shape index (κ3) is 2.43. The van der Waals surface area contributed by atoms with Gasteiger partial charge in [-0.3, -0.25) is 9.59 Å². The van der Waals surface area contributed by atoms with Crippen molar-refractivity contribution >= 4 is 11.6 Å². The molecule has 3 rings (SSSR count). The van der Waals surface area contributed by atoms with E-state index in [-0.39, 0.29) is 17.1 Å². The fraction of sp³-hybridized carbons (Fsp3) is 0.176. The number of hydrogen-bond acceptors (Lipinski definition) is 6. The Hall–Kier alpha value is -2.86. The van der Waals surface area contributed by atoms with Crippen LogP contribution in [0.1, 0.15) is 23.0 Å². The zero-order chi connectivity index (χ0) is 16.7. The van der Waals surface area contributed by atoms with Gasteiger partial charge in [-0.2, -0.15) is 0 Å². The van der Waals surface area contributed by atoms with Crippen LogP contribution in [0.3, 0.4) is 0 Å². The molecule has 3 unspecified atom stereocenters. The Morgan fingerprint density at radius 1 is 0.739 bits per heavy atom. The Bertz CT molecular complexity index is 780. The van der Waals surface area contributed by atoms with Crippen LogP contribution in [0.15, 0.2) is 42.5 Å². The molecule has 0 aromatic heterocycles. The predicted octanol–water partition coefficient (Wildman–Crippen LogP) is 1.18. The van der Waals surface area contributed by atoms with Crippen molar-refractivity contribution in [1.29, 1.82) is 0 Å². The molecule has 1 fully saturated rings. The van der Waals surface area contributed by atoms with Crippen LogP contribution < -0.4 is 0 Å². The minimum atomic E-state index is -1.49. The zero-order valence-electron chi connectivity index (χ0n) is 11.9. The number of aliphatic hydroxyl groups excluding tert-OH is 1. The van der Waals surface area contributed by atoms with E-state index in [1.807, 2.05) is 0 Å². The van der Waals surface area contributed by atoms with Gasteiger partial charge in [-0.1, -0.05) is 18.2 Å². The summed E-state index contributed by atoms with van der Waals surface area (Å²) in [6.45, 7) is 0. The molecule has 2 aromatic carbocycles. The van der Waals surface area contributed by atoms with Crippen molar-refractivity contribution in [3.63, 3.8) is 0 Å². The molecular formula is C17H14O6. The molecule has 23 heavy (non-hydrogen) atoms. The summed E-state index contributed by atoms with van der Waals surface area (Å²) in [5.41, 5.74) is 0.648. The Morgan fingerprint density at radius 3 is 1.96 bits per heavy atom. The van der Waals surface area contributed by atoms with Crippen molar-refractivity contribution in [1.82, 2.24) is 0 Å². The van der Waals surface area contributed by atoms with E-state index in [1.165, 1.54) is 36.4 Å². The van der Waals surface area contributed by atoms with E-state index >= 15 is 0 Å². The van der Waals surface area contributed by atoms with E-state index < -0.39 is 35.3 Å². The Balaban J connectivity index is 2.00. The second-order valence-electron chi connectivity index (χ2n) is 5.50. The lowest BCUT2D eigenvalue weighted by Gasteiger charge is -2.12. The van der Waals surface area contributed by atoms with Crippen molar-refractivity contribution in [2.45, 2.75) is 17.9 Å². The highest BCUT2D eigenvalue weighted by molar-refractivity contribution is 6.19. The average Bonchev–Trinajstić information content (AvgIpc) is 2.74. The highest BCUT2D eigenvalue weighted by atomic mass is 16.3. The highest BCUT2D eigenvalue weighted by Gasteiger charge is 2.49. The quantitative estimate of drug-likeness (QED) is 0.489. The number of benzene rings is 2. The van der Waals surface area contributed by atoms with Crippen LogP contribution in [0.5, 0.6) is 17.2 Å². The fourth-order valence-electron chi connectivity index (χ4n) is 2.89. The minimum absolute atomic E-state index is 0.0139. The first kappa shape index (κ1) is 15.1. The van der Waals surface area contributed by atoms with Crippen molar-refractivity contribution in [2.75, 3.05) is 0 Å². The number of phenolic OH excluding ortho intramolecular Hbond substituents is 3. The maximum atomic E-state index is 12.6. The summed E-state index contributed by atoms with van der Waals surface area (Å²) >= 11 is 0. The minimum Gasteiger partial charge on any atom is -0.508 e. The van der Waals surface area contributed by atoms with Crippen LogP contribution in [0.4, 0.5) is 0 Å². The second kappa shape index (κ2) is 5.40. The number of Topliss-reactive ketones (excluding diaryl/α,β-unsaturated/α-hetero) is 2. The van der Waals surface area contributed by atoms with E-state index in [4.69, 9.17) is 0 Å². The summed E-state index contributed by atoms with van der Waals surface area (Å²) in [5, 5.41) is 38.3. The Morgan fingerprint density at radius 2 is 1.35 bits per heavy atom. The number of carbonyl (C=O) groups is 2. The normalized spacial score (nSPS) is 24.1. The maximum Gasteiger partial charge on any atom is 0.177 e. The van der Waals surface area contributed by atoms with E-state index in [1.54, 1.807) is 0 Å². The van der Waals surface area contributed by atoms with Gasteiger partial charge >= 0.3 is 0 Å². The molecule has 1 aliphatic carbocycles. The number of rotatable bonds is 2. The lowest BCUT2D eigenvalue weighted by molar-refractivity contribution is -0.126. The largest absolute Gasteiger partial charge is 0.508 e. The van der Waals surface area contributed by atoms with Gasteiger partial charge in [-0.15, -0.1) is 0 Å². The van der Waals surface area contributed by atoms with Crippen LogP contribution in [0.25, 0.3) is 0 Å². The number of carbonyl (C=O) groups excluding carboxylic acids is 2. The number of phenols is 3. The molecule has 3 atom stereocenters. The molecule has 0 heterocycles. The molecule has 118 valence electrons. The molecule has 6 nitrogen and oxygen atoms in total. The van der Waals surface area contributed by atoms with Gasteiger partial charge in [0.25, 0.3) is 0 Å². The van der Waals surface area contributed by atoms with E-state index in [9.17, 15) is 30.0 Å². The van der Waals surface area contributed by atoms with Gasteiger partial charge < -0.3 is 20.4 Å². The molecule has 0 saturated heterocycles. The van der Waals surface area contributed by atoms with E-state index in [2.05, 4.69) is 0 Å². The topological polar surface area (TPSA) is 115 Å². The monoisotopic (exact) mass is 314 g/mol. The molecule has 0 spiro atoms. The van der Waals surface area contributed by atoms with Gasteiger partial charge in [0.05, 0.1) is 5.92 Å². The van der Waals surface area contributed by atoms with Crippen LogP contribution in [0, 0.1) is 0 Å². The SMILES string of the molecule is O=C1C(c2ccc(O)c(O)c2)C(=O)C(c2ccc(O)cc2)C1O. The highest BCUT2D eigenvalue weighted by Crippen LogP contribution is 2.40. The van der Waals surface area contributed by atoms with Crippen molar-refractivity contribution < 1.29 is 30.0 Å². The van der Waals surface area contributed by atoms with E-state index in [0.717, 1.165) is 6.07 Å². The first-order chi connectivity index (χ1) is 10.9. The summed E-state index contributed by atoms with van der Waals surface area (Å²) in [5.74, 6) is -4.15. The Labute approximate surface area is 131 Å². The van der Waals surface area contributed by atoms with Crippen molar-refractivity contribution in [3.05, 3.63) is 53.6 Å². The third-order valence-corrected chi connectivity index (χ3v) is 4.07. The molecular weight excluding hydrogens is 300 g/mol. The number of aromatic hydroxyl groups is 3. The van der Waals surface area contributed by atoms with Gasteiger partial charge in [0.2, 0.25) is 0 Å². The molecule has 0 aliphatic heterocycles. The molecule has 1 saturated carbocycles. The molecule has 0 bridgehead atoms. The fourth-order valence-corrected chi connectivity index (χ4v) is 2.89. The van der Waals surface area contributed by atoms with Gasteiger partial charge in [-0.25, -0.2) is 0 Å². The standard InChI is InChI=1S/C17H14O6/c18-10-4-1-8(2-5-10)13-15(21)14(17(23)16(13)22)9-3-6-11(19)12(20)7-9/h1-7,13-14,16,18-20,22H. The summed E-state index contributed by atoms with van der Waals surface area (Å²) in [4.78, 5) is 24.9. The lowest BCUT2D eigenvalue weighted by atomic mass is 9.91. The zero-order valence-corrected chi connectivity index (χ0v) is 11.9.